The molecule has 2 N–H and O–H groups in total. The summed E-state index contributed by atoms with van der Waals surface area (Å²) in [5.74, 6) is 0.342. The van der Waals surface area contributed by atoms with Crippen LogP contribution in [0.3, 0.4) is 0 Å². The molecule has 4 heteroatoms. The Morgan fingerprint density at radius 3 is 2.95 bits per heavy atom. The third-order valence-corrected chi connectivity index (χ3v) is 4.05. The first-order chi connectivity index (χ1) is 9.79. The molecule has 110 valence electrons. The molecule has 1 aliphatic rings. The SMILES string of the molecule is O=C(CCCc1ccccn1)NC1CCCCC1CO. The van der Waals surface area contributed by atoms with E-state index in [1.807, 2.05) is 18.2 Å². The molecule has 0 aromatic carbocycles. The summed E-state index contributed by atoms with van der Waals surface area (Å²) >= 11 is 0. The van der Waals surface area contributed by atoms with Crippen LogP contribution in [-0.4, -0.2) is 28.6 Å². The van der Waals surface area contributed by atoms with Gasteiger partial charge in [-0.25, -0.2) is 0 Å². The maximum atomic E-state index is 11.9. The quantitative estimate of drug-likeness (QED) is 0.836. The average Bonchev–Trinajstić information content (AvgIpc) is 2.49. The second-order valence-corrected chi connectivity index (χ2v) is 5.58. The van der Waals surface area contributed by atoms with Crippen molar-refractivity contribution in [2.45, 2.75) is 51.0 Å². The zero-order chi connectivity index (χ0) is 14.2. The first-order valence-electron chi connectivity index (χ1n) is 7.59. The number of pyridine rings is 1. The third-order valence-electron chi connectivity index (χ3n) is 4.05. The van der Waals surface area contributed by atoms with Crippen molar-refractivity contribution < 1.29 is 9.90 Å². The van der Waals surface area contributed by atoms with Gasteiger partial charge in [0.25, 0.3) is 0 Å². The fourth-order valence-electron chi connectivity index (χ4n) is 2.87. The van der Waals surface area contributed by atoms with Crippen LogP contribution in [-0.2, 0) is 11.2 Å². The summed E-state index contributed by atoms with van der Waals surface area (Å²) in [6.45, 7) is 0.179. The zero-order valence-electron chi connectivity index (χ0n) is 11.9. The Kier molecular flexibility index (Phi) is 5.99. The van der Waals surface area contributed by atoms with Crippen molar-refractivity contribution in [3.63, 3.8) is 0 Å². The van der Waals surface area contributed by atoms with E-state index in [4.69, 9.17) is 0 Å². The number of aryl methyl sites for hydroxylation is 1. The second-order valence-electron chi connectivity index (χ2n) is 5.58. The standard InChI is InChI=1S/C16H24N2O2/c19-12-13-6-1-2-9-15(13)18-16(20)10-5-8-14-7-3-4-11-17-14/h3-4,7,11,13,15,19H,1-2,5-6,8-10,12H2,(H,18,20). The van der Waals surface area contributed by atoms with Gasteiger partial charge in [0.2, 0.25) is 5.91 Å². The molecule has 0 aliphatic heterocycles. The number of nitrogens with one attached hydrogen (secondary N) is 1. The summed E-state index contributed by atoms with van der Waals surface area (Å²) in [7, 11) is 0. The van der Waals surface area contributed by atoms with Gasteiger partial charge < -0.3 is 10.4 Å². The fraction of sp³-hybridized carbons (Fsp3) is 0.625. The Labute approximate surface area is 120 Å². The van der Waals surface area contributed by atoms with Gasteiger partial charge in [-0.1, -0.05) is 18.9 Å². The van der Waals surface area contributed by atoms with Gasteiger partial charge >= 0.3 is 0 Å². The van der Waals surface area contributed by atoms with Crippen molar-refractivity contribution in [1.29, 1.82) is 0 Å². The molecular formula is C16H24N2O2. The lowest BCUT2D eigenvalue weighted by molar-refractivity contribution is -0.122. The van der Waals surface area contributed by atoms with Crippen LogP contribution in [0.1, 0.15) is 44.2 Å². The van der Waals surface area contributed by atoms with Crippen LogP contribution in [0.5, 0.6) is 0 Å². The number of nitrogens with zero attached hydrogens (tertiary/aromatic N) is 1. The molecule has 1 heterocycles. The molecule has 1 aromatic heterocycles. The highest BCUT2D eigenvalue weighted by Crippen LogP contribution is 2.24. The Morgan fingerprint density at radius 1 is 1.35 bits per heavy atom. The Bertz CT molecular complexity index is 408. The normalized spacial score (nSPS) is 22.4. The minimum atomic E-state index is 0.103. The van der Waals surface area contributed by atoms with Gasteiger partial charge in [-0.2, -0.15) is 0 Å². The van der Waals surface area contributed by atoms with Crippen molar-refractivity contribution in [1.82, 2.24) is 10.3 Å². The molecule has 1 amide bonds. The lowest BCUT2D eigenvalue weighted by atomic mass is 9.85. The predicted octanol–water partition coefficient (Wildman–Crippen LogP) is 2.07. The molecule has 2 unspecified atom stereocenters. The van der Waals surface area contributed by atoms with E-state index in [-0.39, 0.29) is 24.5 Å². The van der Waals surface area contributed by atoms with E-state index in [0.717, 1.165) is 44.2 Å². The van der Waals surface area contributed by atoms with E-state index >= 15 is 0 Å². The fourth-order valence-corrected chi connectivity index (χ4v) is 2.87. The number of hydrogen-bond acceptors (Lipinski definition) is 3. The molecule has 0 saturated heterocycles. The summed E-state index contributed by atoms with van der Waals surface area (Å²) in [6, 6.07) is 6.02. The van der Waals surface area contributed by atoms with Crippen molar-refractivity contribution >= 4 is 5.91 Å². The Balaban J connectivity index is 1.69. The van der Waals surface area contributed by atoms with Gasteiger partial charge in [-0.05, 0) is 37.8 Å². The number of aliphatic hydroxyl groups excluding tert-OH is 1. The highest BCUT2D eigenvalue weighted by atomic mass is 16.3. The van der Waals surface area contributed by atoms with Gasteiger partial charge in [0, 0.05) is 36.9 Å². The van der Waals surface area contributed by atoms with Gasteiger partial charge in [0.15, 0.2) is 0 Å². The van der Waals surface area contributed by atoms with Crippen molar-refractivity contribution in [3.05, 3.63) is 30.1 Å². The van der Waals surface area contributed by atoms with E-state index in [2.05, 4.69) is 10.3 Å². The molecule has 0 radical (unpaired) electrons. The Hall–Kier alpha value is -1.42. The molecule has 2 rings (SSSR count). The number of carbonyl (C=O) groups excluding carboxylic acids is 1. The molecule has 1 saturated carbocycles. The molecule has 2 atom stereocenters. The van der Waals surface area contributed by atoms with Crippen molar-refractivity contribution in [3.8, 4) is 0 Å². The van der Waals surface area contributed by atoms with Crippen LogP contribution in [0.15, 0.2) is 24.4 Å². The zero-order valence-corrected chi connectivity index (χ0v) is 11.9. The van der Waals surface area contributed by atoms with E-state index < -0.39 is 0 Å². The van der Waals surface area contributed by atoms with Crippen molar-refractivity contribution in [2.24, 2.45) is 5.92 Å². The van der Waals surface area contributed by atoms with Crippen LogP contribution in [0, 0.1) is 5.92 Å². The molecule has 1 aromatic rings. The van der Waals surface area contributed by atoms with E-state index in [9.17, 15) is 9.90 Å². The first-order valence-corrected chi connectivity index (χ1v) is 7.59. The van der Waals surface area contributed by atoms with Gasteiger partial charge in [0.05, 0.1) is 0 Å². The van der Waals surface area contributed by atoms with Gasteiger partial charge in [0.1, 0.15) is 0 Å². The highest BCUT2D eigenvalue weighted by molar-refractivity contribution is 5.76. The number of rotatable bonds is 6. The number of aromatic nitrogens is 1. The summed E-state index contributed by atoms with van der Waals surface area (Å²) < 4.78 is 0. The minimum absolute atomic E-state index is 0.103. The van der Waals surface area contributed by atoms with Crippen LogP contribution in [0.25, 0.3) is 0 Å². The van der Waals surface area contributed by atoms with Crippen LogP contribution >= 0.6 is 0 Å². The van der Waals surface area contributed by atoms with E-state index in [1.54, 1.807) is 6.20 Å². The van der Waals surface area contributed by atoms with Gasteiger partial charge in [-0.15, -0.1) is 0 Å². The molecular weight excluding hydrogens is 252 g/mol. The topological polar surface area (TPSA) is 62.2 Å². The van der Waals surface area contributed by atoms with Crippen LogP contribution in [0.4, 0.5) is 0 Å². The maximum absolute atomic E-state index is 11.9. The number of amides is 1. The number of aliphatic hydroxyl groups is 1. The largest absolute Gasteiger partial charge is 0.396 e. The highest BCUT2D eigenvalue weighted by Gasteiger charge is 2.25. The maximum Gasteiger partial charge on any atom is 0.220 e. The minimum Gasteiger partial charge on any atom is -0.396 e. The van der Waals surface area contributed by atoms with Crippen LogP contribution in [0.2, 0.25) is 0 Å². The first kappa shape index (κ1) is 15.0. The Morgan fingerprint density at radius 2 is 2.20 bits per heavy atom. The number of carbonyl (C=O) groups is 1. The monoisotopic (exact) mass is 276 g/mol. The molecule has 1 aliphatic carbocycles. The number of hydrogen-bond donors (Lipinski definition) is 2. The van der Waals surface area contributed by atoms with Gasteiger partial charge in [-0.3, -0.25) is 9.78 Å². The van der Waals surface area contributed by atoms with Crippen LogP contribution < -0.4 is 5.32 Å². The average molecular weight is 276 g/mol. The van der Waals surface area contributed by atoms with E-state index in [0.29, 0.717) is 6.42 Å². The predicted molar refractivity (Wildman–Crippen MR) is 78.1 cm³/mol. The summed E-state index contributed by atoms with van der Waals surface area (Å²) in [6.07, 6.45) is 8.30. The molecule has 4 nitrogen and oxygen atoms in total. The second kappa shape index (κ2) is 8.00. The summed E-state index contributed by atoms with van der Waals surface area (Å²) in [4.78, 5) is 16.2. The summed E-state index contributed by atoms with van der Waals surface area (Å²) in [5, 5.41) is 12.4. The molecule has 0 bridgehead atoms. The third kappa shape index (κ3) is 4.60. The summed E-state index contributed by atoms with van der Waals surface area (Å²) in [5.41, 5.74) is 1.03. The van der Waals surface area contributed by atoms with E-state index in [1.165, 1.54) is 0 Å². The van der Waals surface area contributed by atoms with Crippen molar-refractivity contribution in [2.75, 3.05) is 6.61 Å². The smallest absolute Gasteiger partial charge is 0.220 e. The molecule has 0 spiro atoms. The lowest BCUT2D eigenvalue weighted by Gasteiger charge is -2.30. The molecule has 1 fully saturated rings. The molecule has 20 heavy (non-hydrogen) atoms. The lowest BCUT2D eigenvalue weighted by Crippen LogP contribution is -2.43.